The van der Waals surface area contributed by atoms with Crippen LogP contribution in [0, 0.1) is 0 Å². The zero-order valence-corrected chi connectivity index (χ0v) is 16.5. The van der Waals surface area contributed by atoms with Crippen LogP contribution in [0.5, 0.6) is 5.75 Å². The van der Waals surface area contributed by atoms with Crippen LogP contribution in [0.15, 0.2) is 53.5 Å². The number of likely N-dealkylation sites (tertiary alicyclic amines) is 1. The monoisotopic (exact) mass is 416 g/mol. The predicted molar refractivity (Wildman–Crippen MR) is 106 cm³/mol. The number of fused-ring (bicyclic) bond motifs is 1. The summed E-state index contributed by atoms with van der Waals surface area (Å²) in [5.41, 5.74) is -1.01. The summed E-state index contributed by atoms with van der Waals surface area (Å²) in [6.45, 7) is 1.32. The van der Waals surface area contributed by atoms with Gasteiger partial charge in [0.1, 0.15) is 5.75 Å². The molecule has 0 radical (unpaired) electrons. The number of ether oxygens (including phenoxy) is 1. The smallest absolute Gasteiger partial charge is 0.419 e. The molecular formula is C23H23F3N2O2. The topological polar surface area (TPSA) is 41.9 Å². The van der Waals surface area contributed by atoms with Crippen molar-refractivity contribution in [2.75, 3.05) is 19.7 Å². The maximum absolute atomic E-state index is 13.0. The fraction of sp³-hybridized carbons (Fsp3) is 0.391. The average Bonchev–Trinajstić information content (AvgIpc) is 3.08. The van der Waals surface area contributed by atoms with E-state index in [1.165, 1.54) is 18.2 Å². The average molecular weight is 416 g/mol. The minimum absolute atomic E-state index is 0.00747. The fourth-order valence-electron chi connectivity index (χ4n) is 4.06. The third kappa shape index (κ3) is 4.35. The molecule has 1 saturated heterocycles. The second kappa shape index (κ2) is 8.13. The first-order chi connectivity index (χ1) is 14.4. The lowest BCUT2D eigenvalue weighted by Gasteiger charge is -2.36. The molecule has 0 unspecified atom stereocenters. The SMILES string of the molecule is O=C(CCCOc1ccccc1C(F)(F)F)N1CCC2(C=c3ccccc3=N2)CC1. The van der Waals surface area contributed by atoms with Gasteiger partial charge in [-0.15, -0.1) is 0 Å². The number of alkyl halides is 3. The molecule has 1 spiro atoms. The second-order valence-corrected chi connectivity index (χ2v) is 7.75. The highest BCUT2D eigenvalue weighted by Crippen LogP contribution is 2.36. The van der Waals surface area contributed by atoms with E-state index in [-0.39, 0.29) is 30.2 Å². The number of rotatable bonds is 5. The van der Waals surface area contributed by atoms with Crippen molar-refractivity contribution in [3.63, 3.8) is 0 Å². The van der Waals surface area contributed by atoms with E-state index in [2.05, 4.69) is 12.1 Å². The van der Waals surface area contributed by atoms with Crippen LogP contribution < -0.4 is 15.3 Å². The molecule has 30 heavy (non-hydrogen) atoms. The van der Waals surface area contributed by atoms with Crippen molar-refractivity contribution in [3.05, 3.63) is 64.7 Å². The minimum Gasteiger partial charge on any atom is -0.493 e. The maximum atomic E-state index is 13.0. The molecular weight excluding hydrogens is 393 g/mol. The lowest BCUT2D eigenvalue weighted by Crippen LogP contribution is -2.44. The maximum Gasteiger partial charge on any atom is 0.419 e. The first kappa shape index (κ1) is 20.4. The third-order valence-corrected chi connectivity index (χ3v) is 5.67. The van der Waals surface area contributed by atoms with E-state index in [0.29, 0.717) is 19.5 Å². The van der Waals surface area contributed by atoms with Crippen LogP contribution in [0.2, 0.25) is 0 Å². The Balaban J connectivity index is 1.25. The van der Waals surface area contributed by atoms with Crippen LogP contribution in [0.4, 0.5) is 13.2 Å². The minimum atomic E-state index is -4.46. The molecule has 4 rings (SSSR count). The first-order valence-electron chi connectivity index (χ1n) is 10.1. The summed E-state index contributed by atoms with van der Waals surface area (Å²) in [6, 6.07) is 13.2. The van der Waals surface area contributed by atoms with Crippen molar-refractivity contribution in [1.29, 1.82) is 0 Å². The van der Waals surface area contributed by atoms with Crippen LogP contribution in [0.1, 0.15) is 31.2 Å². The Morgan fingerprint density at radius 3 is 2.50 bits per heavy atom. The largest absolute Gasteiger partial charge is 0.493 e. The molecule has 2 aromatic carbocycles. The molecule has 1 fully saturated rings. The van der Waals surface area contributed by atoms with E-state index in [0.717, 1.165) is 29.5 Å². The van der Waals surface area contributed by atoms with Gasteiger partial charge in [0, 0.05) is 19.5 Å². The van der Waals surface area contributed by atoms with Crippen LogP contribution in [0.3, 0.4) is 0 Å². The zero-order chi connectivity index (χ0) is 21.2. The number of hydrogen-bond donors (Lipinski definition) is 0. The van der Waals surface area contributed by atoms with Crippen LogP contribution in [-0.2, 0) is 11.0 Å². The van der Waals surface area contributed by atoms with Crippen molar-refractivity contribution in [2.45, 2.75) is 37.4 Å². The quantitative estimate of drug-likeness (QED) is 0.702. The normalized spacial score (nSPS) is 17.2. The lowest BCUT2D eigenvalue weighted by atomic mass is 9.88. The number of piperidine rings is 1. The van der Waals surface area contributed by atoms with E-state index in [9.17, 15) is 18.0 Å². The standard InChI is InChI=1S/C23H23F3N2O2/c24-23(25,26)18-7-2-4-9-20(18)30-15-5-10-21(29)28-13-11-22(12-14-28)16-17-6-1-3-8-19(17)27-22/h1-4,6-9,16H,5,10-15H2. The number of nitrogens with zero attached hydrogens (tertiary/aromatic N) is 2. The molecule has 7 heteroatoms. The van der Waals surface area contributed by atoms with Gasteiger partial charge in [-0.05, 0) is 48.8 Å². The van der Waals surface area contributed by atoms with Gasteiger partial charge in [0.15, 0.2) is 0 Å². The molecule has 2 aromatic rings. The first-order valence-corrected chi connectivity index (χ1v) is 10.1. The van der Waals surface area contributed by atoms with Gasteiger partial charge in [-0.1, -0.05) is 30.3 Å². The summed E-state index contributed by atoms with van der Waals surface area (Å²) in [5, 5.41) is 2.15. The van der Waals surface area contributed by atoms with Gasteiger partial charge in [-0.2, -0.15) is 13.2 Å². The molecule has 0 saturated carbocycles. The van der Waals surface area contributed by atoms with Crippen molar-refractivity contribution in [3.8, 4) is 5.75 Å². The van der Waals surface area contributed by atoms with Gasteiger partial charge in [0.05, 0.1) is 23.1 Å². The van der Waals surface area contributed by atoms with Crippen molar-refractivity contribution in [1.82, 2.24) is 4.90 Å². The lowest BCUT2D eigenvalue weighted by molar-refractivity contribution is -0.139. The van der Waals surface area contributed by atoms with Gasteiger partial charge in [-0.3, -0.25) is 9.79 Å². The number of para-hydroxylation sites is 2. The Morgan fingerprint density at radius 1 is 1.07 bits per heavy atom. The third-order valence-electron chi connectivity index (χ3n) is 5.67. The Kier molecular flexibility index (Phi) is 5.54. The van der Waals surface area contributed by atoms with Gasteiger partial charge in [0.25, 0.3) is 0 Å². The van der Waals surface area contributed by atoms with E-state index in [1.54, 1.807) is 0 Å². The molecule has 2 heterocycles. The molecule has 0 atom stereocenters. The van der Waals surface area contributed by atoms with Crippen molar-refractivity contribution >= 4 is 12.0 Å². The summed E-state index contributed by atoms with van der Waals surface area (Å²) in [6.07, 6.45) is -0.0726. The Hall–Kier alpha value is -2.83. The number of carbonyl (C=O) groups is 1. The number of amides is 1. The number of carbonyl (C=O) groups excluding carboxylic acids is 1. The van der Waals surface area contributed by atoms with E-state index in [1.807, 2.05) is 23.1 Å². The molecule has 1 amide bonds. The van der Waals surface area contributed by atoms with Gasteiger partial charge in [-0.25, -0.2) is 0 Å². The molecule has 0 aliphatic carbocycles. The van der Waals surface area contributed by atoms with E-state index in [4.69, 9.17) is 9.73 Å². The Morgan fingerprint density at radius 2 is 1.77 bits per heavy atom. The fourth-order valence-corrected chi connectivity index (χ4v) is 4.06. The van der Waals surface area contributed by atoms with E-state index < -0.39 is 11.7 Å². The highest BCUT2D eigenvalue weighted by atomic mass is 19.4. The molecule has 2 aliphatic heterocycles. The summed E-state index contributed by atoms with van der Waals surface area (Å²) >= 11 is 0. The number of hydrogen-bond acceptors (Lipinski definition) is 3. The highest BCUT2D eigenvalue weighted by molar-refractivity contribution is 5.76. The van der Waals surface area contributed by atoms with Crippen LogP contribution >= 0.6 is 0 Å². The number of halogens is 3. The summed E-state index contributed by atoms with van der Waals surface area (Å²) in [5.74, 6) is -0.191. The molecule has 4 nitrogen and oxygen atoms in total. The molecule has 0 aromatic heterocycles. The van der Waals surface area contributed by atoms with Crippen LogP contribution in [-0.4, -0.2) is 36.0 Å². The van der Waals surface area contributed by atoms with Gasteiger partial charge < -0.3 is 9.64 Å². The number of benzene rings is 2. The highest BCUT2D eigenvalue weighted by Gasteiger charge is 2.35. The Bertz CT molecular complexity index is 1000. The second-order valence-electron chi connectivity index (χ2n) is 7.75. The molecule has 158 valence electrons. The zero-order valence-electron chi connectivity index (χ0n) is 16.5. The molecule has 2 aliphatic rings. The summed E-state index contributed by atoms with van der Waals surface area (Å²) < 4.78 is 44.3. The molecule has 0 bridgehead atoms. The van der Waals surface area contributed by atoms with Crippen molar-refractivity contribution < 1.29 is 22.7 Å². The van der Waals surface area contributed by atoms with Crippen LogP contribution in [0.25, 0.3) is 6.08 Å². The predicted octanol–water partition coefficient (Wildman–Crippen LogP) is 3.34. The summed E-state index contributed by atoms with van der Waals surface area (Å²) in [4.78, 5) is 19.2. The van der Waals surface area contributed by atoms with Gasteiger partial charge >= 0.3 is 6.18 Å². The van der Waals surface area contributed by atoms with E-state index >= 15 is 0 Å². The molecule has 0 N–H and O–H groups in total. The summed E-state index contributed by atoms with van der Waals surface area (Å²) in [7, 11) is 0. The van der Waals surface area contributed by atoms with Crippen molar-refractivity contribution in [2.24, 2.45) is 4.99 Å². The van der Waals surface area contributed by atoms with Gasteiger partial charge in [0.2, 0.25) is 5.91 Å². The Labute approximate surface area is 172 Å².